The molecule has 14 nitrogen and oxygen atoms in total. The maximum Gasteiger partial charge on any atom is 0.229 e. The number of fused-ring (bicyclic) bond motifs is 1. The maximum absolute atomic E-state index is 13.2. The van der Waals surface area contributed by atoms with Gasteiger partial charge in [-0.1, -0.05) is 12.1 Å². The zero-order valence-electron chi connectivity index (χ0n) is 21.6. The van der Waals surface area contributed by atoms with E-state index in [2.05, 4.69) is 0 Å². The van der Waals surface area contributed by atoms with Gasteiger partial charge in [0.1, 0.15) is 77.2 Å². The molecule has 1 aromatic heterocycles. The molecule has 7 N–H and O–H groups in total. The second-order valence-corrected chi connectivity index (χ2v) is 9.74. The van der Waals surface area contributed by atoms with Crippen molar-refractivity contribution in [3.63, 3.8) is 0 Å². The van der Waals surface area contributed by atoms with Crippen LogP contribution in [-0.4, -0.2) is 111 Å². The van der Waals surface area contributed by atoms with E-state index in [1.807, 2.05) is 0 Å². The third-order valence-corrected chi connectivity index (χ3v) is 7.03. The van der Waals surface area contributed by atoms with Crippen molar-refractivity contribution in [2.45, 2.75) is 55.3 Å². The van der Waals surface area contributed by atoms with E-state index in [0.29, 0.717) is 11.3 Å². The van der Waals surface area contributed by atoms with Crippen LogP contribution in [0.5, 0.6) is 17.2 Å². The molecular formula is C27H30O14. The predicted octanol–water partition coefficient (Wildman–Crippen LogP) is -1.18. The summed E-state index contributed by atoms with van der Waals surface area (Å²) in [5.41, 5.74) is 0.203. The topological polar surface area (TPSA) is 218 Å². The fraction of sp³-hybridized carbons (Fsp3) is 0.444. The highest BCUT2D eigenvalue weighted by atomic mass is 16.7. The SMILES string of the molecule is COc1ccc(-c2coc3cc(O[C@H]4O[C@@H](CO[C@@H]5OC[C@H](O)[C@H](O)[C@H]5O)[C@H](O)[C@H](O)[C@@H]4O)cc(O)c3c2=O)cc1. The van der Waals surface area contributed by atoms with Gasteiger partial charge in [0, 0.05) is 12.1 Å². The molecule has 2 aromatic carbocycles. The van der Waals surface area contributed by atoms with Gasteiger partial charge in [-0.2, -0.15) is 0 Å². The smallest absolute Gasteiger partial charge is 0.229 e. The van der Waals surface area contributed by atoms with Gasteiger partial charge in [0.15, 0.2) is 6.29 Å². The van der Waals surface area contributed by atoms with Crippen molar-refractivity contribution in [3.8, 4) is 28.4 Å². The molecule has 9 atom stereocenters. The van der Waals surface area contributed by atoms with Crippen LogP contribution in [0.15, 0.2) is 51.9 Å². The molecular weight excluding hydrogens is 548 g/mol. The minimum atomic E-state index is -1.74. The zero-order valence-corrected chi connectivity index (χ0v) is 21.6. The Kier molecular flexibility index (Phi) is 8.47. The minimum Gasteiger partial charge on any atom is -0.507 e. The number of phenolic OH excluding ortho intramolecular Hbond substituents is 1. The Labute approximate surface area is 232 Å². The van der Waals surface area contributed by atoms with Crippen LogP contribution in [0.25, 0.3) is 22.1 Å². The molecule has 2 aliphatic heterocycles. The van der Waals surface area contributed by atoms with Gasteiger partial charge in [0.2, 0.25) is 11.7 Å². The molecule has 0 amide bonds. The highest BCUT2D eigenvalue weighted by Gasteiger charge is 2.46. The average molecular weight is 579 g/mol. The first-order chi connectivity index (χ1) is 19.6. The highest BCUT2D eigenvalue weighted by Crippen LogP contribution is 2.33. The Morgan fingerprint density at radius 2 is 1.59 bits per heavy atom. The first-order valence-electron chi connectivity index (χ1n) is 12.7. The van der Waals surface area contributed by atoms with Crippen molar-refractivity contribution >= 4 is 11.0 Å². The number of rotatable bonds is 7. The second-order valence-electron chi connectivity index (χ2n) is 9.74. The number of ether oxygens (including phenoxy) is 5. The van der Waals surface area contributed by atoms with Crippen molar-refractivity contribution in [2.24, 2.45) is 0 Å². The van der Waals surface area contributed by atoms with E-state index < -0.39 is 73.1 Å². The summed E-state index contributed by atoms with van der Waals surface area (Å²) >= 11 is 0. The molecule has 2 aliphatic rings. The Hall–Kier alpha value is -3.31. The number of hydrogen-bond donors (Lipinski definition) is 7. The van der Waals surface area contributed by atoms with Gasteiger partial charge in [-0.05, 0) is 17.7 Å². The highest BCUT2D eigenvalue weighted by molar-refractivity contribution is 5.88. The zero-order chi connectivity index (χ0) is 29.4. The maximum atomic E-state index is 13.2. The Balaban J connectivity index is 1.33. The second kappa shape index (κ2) is 11.9. The van der Waals surface area contributed by atoms with E-state index in [-0.39, 0.29) is 28.9 Å². The van der Waals surface area contributed by atoms with Crippen molar-refractivity contribution in [1.29, 1.82) is 0 Å². The molecule has 0 spiro atoms. The van der Waals surface area contributed by atoms with Crippen LogP contribution in [0, 0.1) is 0 Å². The lowest BCUT2D eigenvalue weighted by atomic mass is 9.99. The van der Waals surface area contributed by atoms with Crippen LogP contribution in [0.2, 0.25) is 0 Å². The molecule has 0 bridgehead atoms. The molecule has 14 heteroatoms. The van der Waals surface area contributed by atoms with E-state index in [4.69, 9.17) is 28.1 Å². The molecule has 0 unspecified atom stereocenters. The van der Waals surface area contributed by atoms with Crippen LogP contribution in [-0.2, 0) is 14.2 Å². The summed E-state index contributed by atoms with van der Waals surface area (Å²) in [6.45, 7) is -0.783. The normalized spacial score (nSPS) is 32.1. The summed E-state index contributed by atoms with van der Waals surface area (Å²) in [7, 11) is 1.52. The summed E-state index contributed by atoms with van der Waals surface area (Å²) in [5.74, 6) is 0.0306. The van der Waals surface area contributed by atoms with Crippen LogP contribution in [0.4, 0.5) is 0 Å². The molecule has 41 heavy (non-hydrogen) atoms. The number of aliphatic hydroxyl groups is 6. The molecule has 2 fully saturated rings. The van der Waals surface area contributed by atoms with Gasteiger partial charge < -0.3 is 63.8 Å². The van der Waals surface area contributed by atoms with Crippen molar-refractivity contribution in [3.05, 3.63) is 52.9 Å². The summed E-state index contributed by atoms with van der Waals surface area (Å²) in [6.07, 6.45) is -12.6. The van der Waals surface area contributed by atoms with Crippen molar-refractivity contribution in [2.75, 3.05) is 20.3 Å². The quantitative estimate of drug-likeness (QED) is 0.176. The number of phenols is 1. The van der Waals surface area contributed by atoms with Crippen LogP contribution in [0.1, 0.15) is 0 Å². The van der Waals surface area contributed by atoms with E-state index in [9.17, 15) is 40.5 Å². The molecule has 3 heterocycles. The van der Waals surface area contributed by atoms with E-state index in [0.717, 1.165) is 6.07 Å². The lowest BCUT2D eigenvalue weighted by molar-refractivity contribution is -0.307. The van der Waals surface area contributed by atoms with E-state index in [1.165, 1.54) is 19.4 Å². The Morgan fingerprint density at radius 3 is 2.29 bits per heavy atom. The van der Waals surface area contributed by atoms with Gasteiger partial charge in [-0.3, -0.25) is 4.79 Å². The third kappa shape index (κ3) is 5.74. The molecule has 222 valence electrons. The number of aromatic hydroxyl groups is 1. The van der Waals surface area contributed by atoms with Crippen LogP contribution >= 0.6 is 0 Å². The lowest BCUT2D eigenvalue weighted by Crippen LogP contribution is -2.61. The number of hydrogen-bond acceptors (Lipinski definition) is 14. The third-order valence-electron chi connectivity index (χ3n) is 7.03. The van der Waals surface area contributed by atoms with Gasteiger partial charge in [0.25, 0.3) is 0 Å². The summed E-state index contributed by atoms with van der Waals surface area (Å²) in [5, 5.41) is 71.2. The Bertz CT molecular complexity index is 1410. The predicted molar refractivity (Wildman–Crippen MR) is 137 cm³/mol. The standard InChI is InChI=1S/C27H30O14/c1-36-12-4-2-11(3-5-12)14-8-37-17-7-13(6-15(28)19(17)20(14)30)40-27-25(35)23(33)22(32)18(41-27)10-39-26-24(34)21(31)16(29)9-38-26/h2-8,16,18,21-29,31-35H,9-10H2,1H3/t16-,18-,21-,22-,23-,24+,25-,26-,27-/m0/s1. The van der Waals surface area contributed by atoms with Crippen molar-refractivity contribution < 1.29 is 63.8 Å². The first-order valence-corrected chi connectivity index (χ1v) is 12.7. The summed E-state index contributed by atoms with van der Waals surface area (Å²) in [4.78, 5) is 13.2. The largest absolute Gasteiger partial charge is 0.507 e. The number of benzene rings is 2. The molecule has 5 rings (SSSR count). The molecule has 0 saturated carbocycles. The van der Waals surface area contributed by atoms with Gasteiger partial charge >= 0.3 is 0 Å². The van der Waals surface area contributed by atoms with Crippen molar-refractivity contribution in [1.82, 2.24) is 0 Å². The minimum absolute atomic E-state index is 0.0304. The number of aliphatic hydroxyl groups excluding tert-OH is 6. The van der Waals surface area contributed by atoms with Crippen LogP contribution < -0.4 is 14.9 Å². The van der Waals surface area contributed by atoms with E-state index >= 15 is 0 Å². The Morgan fingerprint density at radius 1 is 0.878 bits per heavy atom. The fourth-order valence-electron chi connectivity index (χ4n) is 4.65. The lowest BCUT2D eigenvalue weighted by Gasteiger charge is -2.41. The van der Waals surface area contributed by atoms with E-state index in [1.54, 1.807) is 24.3 Å². The van der Waals surface area contributed by atoms with Gasteiger partial charge in [-0.25, -0.2) is 0 Å². The molecule has 2 saturated heterocycles. The van der Waals surface area contributed by atoms with Crippen LogP contribution in [0.3, 0.4) is 0 Å². The average Bonchev–Trinajstić information content (AvgIpc) is 2.96. The summed E-state index contributed by atoms with van der Waals surface area (Å²) < 4.78 is 32.5. The summed E-state index contributed by atoms with van der Waals surface area (Å²) in [6, 6.07) is 9.07. The number of methoxy groups -OCH3 is 1. The molecule has 0 radical (unpaired) electrons. The fourth-order valence-corrected chi connectivity index (χ4v) is 4.65. The molecule has 0 aliphatic carbocycles. The van der Waals surface area contributed by atoms with Gasteiger partial charge in [-0.15, -0.1) is 0 Å². The monoisotopic (exact) mass is 578 g/mol. The van der Waals surface area contributed by atoms with Gasteiger partial charge in [0.05, 0.1) is 25.9 Å². The first kappa shape index (κ1) is 29.2. The molecule has 3 aromatic rings.